The molecule has 0 spiro atoms. The standard InChI is InChI=1S/C10H19NO3/c1-3-8(9(11)12)6-4-5-7(2)10(13)14/h7-8H,3-6H2,1-2H3,(H2,11,12)(H,13,14)/p-1. The molecule has 0 bridgehead atoms. The van der Waals surface area contributed by atoms with Gasteiger partial charge in [0.2, 0.25) is 5.91 Å². The van der Waals surface area contributed by atoms with Gasteiger partial charge in [0.15, 0.2) is 0 Å². The van der Waals surface area contributed by atoms with E-state index in [1.54, 1.807) is 6.92 Å². The van der Waals surface area contributed by atoms with E-state index in [9.17, 15) is 14.7 Å². The van der Waals surface area contributed by atoms with E-state index in [2.05, 4.69) is 0 Å². The maximum absolute atomic E-state index is 10.8. The van der Waals surface area contributed by atoms with Crippen molar-refractivity contribution in [3.63, 3.8) is 0 Å². The summed E-state index contributed by atoms with van der Waals surface area (Å²) in [6.07, 6.45) is 2.64. The van der Waals surface area contributed by atoms with Crippen LogP contribution in [0.5, 0.6) is 0 Å². The summed E-state index contributed by atoms with van der Waals surface area (Å²) in [4.78, 5) is 21.2. The topological polar surface area (TPSA) is 83.2 Å². The number of hydrogen-bond acceptors (Lipinski definition) is 3. The van der Waals surface area contributed by atoms with E-state index in [4.69, 9.17) is 5.73 Å². The average Bonchev–Trinajstić information content (AvgIpc) is 2.11. The first-order valence-corrected chi connectivity index (χ1v) is 4.99. The molecule has 0 aliphatic carbocycles. The van der Waals surface area contributed by atoms with Crippen LogP contribution in [-0.4, -0.2) is 11.9 Å². The molecule has 0 fully saturated rings. The number of amides is 1. The van der Waals surface area contributed by atoms with Gasteiger partial charge >= 0.3 is 0 Å². The summed E-state index contributed by atoms with van der Waals surface area (Å²) >= 11 is 0. The number of primary amides is 1. The molecule has 0 aromatic rings. The minimum Gasteiger partial charge on any atom is -0.550 e. The van der Waals surface area contributed by atoms with E-state index in [0.29, 0.717) is 19.3 Å². The number of nitrogens with two attached hydrogens (primary N) is 1. The highest BCUT2D eigenvalue weighted by molar-refractivity contribution is 5.76. The fourth-order valence-electron chi connectivity index (χ4n) is 1.34. The molecule has 0 heterocycles. The molecule has 0 saturated carbocycles. The summed E-state index contributed by atoms with van der Waals surface area (Å²) in [5.41, 5.74) is 5.16. The largest absolute Gasteiger partial charge is 0.550 e. The molecule has 2 atom stereocenters. The molecule has 0 aliphatic rings. The fourth-order valence-corrected chi connectivity index (χ4v) is 1.34. The summed E-state index contributed by atoms with van der Waals surface area (Å²) < 4.78 is 0. The van der Waals surface area contributed by atoms with Crippen LogP contribution in [0.25, 0.3) is 0 Å². The lowest BCUT2D eigenvalue weighted by Gasteiger charge is -2.14. The van der Waals surface area contributed by atoms with Gasteiger partial charge in [-0.15, -0.1) is 0 Å². The van der Waals surface area contributed by atoms with E-state index >= 15 is 0 Å². The average molecular weight is 200 g/mol. The van der Waals surface area contributed by atoms with Crippen molar-refractivity contribution in [2.75, 3.05) is 0 Å². The molecule has 2 unspecified atom stereocenters. The molecule has 0 aromatic carbocycles. The number of carbonyl (C=O) groups is 2. The van der Waals surface area contributed by atoms with Crippen LogP contribution >= 0.6 is 0 Å². The van der Waals surface area contributed by atoms with Crippen molar-refractivity contribution in [2.45, 2.75) is 39.5 Å². The van der Waals surface area contributed by atoms with E-state index in [1.165, 1.54) is 0 Å². The van der Waals surface area contributed by atoms with E-state index in [0.717, 1.165) is 6.42 Å². The van der Waals surface area contributed by atoms with Crippen LogP contribution in [0.2, 0.25) is 0 Å². The summed E-state index contributed by atoms with van der Waals surface area (Å²) in [5, 5.41) is 10.4. The molecule has 4 nitrogen and oxygen atoms in total. The summed E-state index contributed by atoms with van der Waals surface area (Å²) in [7, 11) is 0. The van der Waals surface area contributed by atoms with Crippen LogP contribution in [0, 0.1) is 11.8 Å². The molecule has 4 heteroatoms. The van der Waals surface area contributed by atoms with Crippen molar-refractivity contribution in [1.82, 2.24) is 0 Å². The smallest absolute Gasteiger partial charge is 0.220 e. The number of carboxylic acids is 1. The third kappa shape index (κ3) is 4.84. The molecule has 14 heavy (non-hydrogen) atoms. The molecular weight excluding hydrogens is 182 g/mol. The van der Waals surface area contributed by atoms with Crippen molar-refractivity contribution in [3.8, 4) is 0 Å². The predicted octanol–water partition coefficient (Wildman–Crippen LogP) is 0.0542. The minimum absolute atomic E-state index is 0.121. The lowest BCUT2D eigenvalue weighted by molar-refractivity contribution is -0.311. The highest BCUT2D eigenvalue weighted by Gasteiger charge is 2.13. The van der Waals surface area contributed by atoms with Gasteiger partial charge in [0.1, 0.15) is 0 Å². The van der Waals surface area contributed by atoms with Gasteiger partial charge in [0.25, 0.3) is 0 Å². The SMILES string of the molecule is CCC(CCCC(C)C(=O)[O-])C(N)=O. The zero-order chi connectivity index (χ0) is 11.1. The van der Waals surface area contributed by atoms with Gasteiger partial charge in [0.05, 0.1) is 0 Å². The predicted molar refractivity (Wildman–Crippen MR) is 51.0 cm³/mol. The van der Waals surface area contributed by atoms with Gasteiger partial charge in [-0.05, 0) is 25.2 Å². The molecular formula is C10H18NO3-. The number of rotatable bonds is 7. The molecule has 1 amide bonds. The Bertz CT molecular complexity index is 204. The van der Waals surface area contributed by atoms with E-state index < -0.39 is 11.9 Å². The van der Waals surface area contributed by atoms with Crippen LogP contribution < -0.4 is 10.8 Å². The second-order valence-electron chi connectivity index (χ2n) is 3.66. The molecule has 2 N–H and O–H groups in total. The Balaban J connectivity index is 3.71. The summed E-state index contributed by atoms with van der Waals surface area (Å²) in [5.74, 6) is -1.89. The van der Waals surface area contributed by atoms with Gasteiger partial charge in [-0.2, -0.15) is 0 Å². The molecule has 0 rings (SSSR count). The lowest BCUT2D eigenvalue weighted by Crippen LogP contribution is -2.29. The zero-order valence-electron chi connectivity index (χ0n) is 8.79. The van der Waals surface area contributed by atoms with E-state index in [1.807, 2.05) is 6.92 Å². The fraction of sp³-hybridized carbons (Fsp3) is 0.800. The highest BCUT2D eigenvalue weighted by Crippen LogP contribution is 2.15. The highest BCUT2D eigenvalue weighted by atomic mass is 16.4. The third-order valence-corrected chi connectivity index (χ3v) is 2.49. The molecule has 0 aliphatic heterocycles. The Labute approximate surface area is 84.5 Å². The Hall–Kier alpha value is -1.06. The van der Waals surface area contributed by atoms with E-state index in [-0.39, 0.29) is 11.8 Å². The van der Waals surface area contributed by atoms with Crippen molar-refractivity contribution in [2.24, 2.45) is 17.6 Å². The van der Waals surface area contributed by atoms with Crippen LogP contribution in [0.15, 0.2) is 0 Å². The van der Waals surface area contributed by atoms with Crippen molar-refractivity contribution >= 4 is 11.9 Å². The molecule has 82 valence electrons. The second kappa shape index (κ2) is 6.40. The second-order valence-corrected chi connectivity index (χ2v) is 3.66. The van der Waals surface area contributed by atoms with Crippen molar-refractivity contribution in [1.29, 1.82) is 0 Å². The summed E-state index contributed by atoms with van der Waals surface area (Å²) in [6.45, 7) is 3.51. The Morgan fingerprint density at radius 1 is 1.36 bits per heavy atom. The van der Waals surface area contributed by atoms with Crippen molar-refractivity contribution < 1.29 is 14.7 Å². The molecule has 0 saturated heterocycles. The Morgan fingerprint density at radius 2 is 1.93 bits per heavy atom. The Kier molecular flexibility index (Phi) is 5.92. The van der Waals surface area contributed by atoms with Crippen LogP contribution in [0.3, 0.4) is 0 Å². The Morgan fingerprint density at radius 3 is 2.29 bits per heavy atom. The number of aliphatic carboxylic acids is 1. The maximum atomic E-state index is 10.8. The molecule has 0 aromatic heterocycles. The minimum atomic E-state index is -1.03. The van der Waals surface area contributed by atoms with Gasteiger partial charge in [-0.25, -0.2) is 0 Å². The van der Waals surface area contributed by atoms with Crippen LogP contribution in [-0.2, 0) is 9.59 Å². The van der Waals surface area contributed by atoms with Crippen LogP contribution in [0.1, 0.15) is 39.5 Å². The normalized spacial score (nSPS) is 14.7. The van der Waals surface area contributed by atoms with Crippen molar-refractivity contribution in [3.05, 3.63) is 0 Å². The van der Waals surface area contributed by atoms with Gasteiger partial charge in [-0.3, -0.25) is 4.79 Å². The summed E-state index contributed by atoms with van der Waals surface area (Å²) in [6, 6.07) is 0. The first-order valence-electron chi connectivity index (χ1n) is 4.99. The molecule has 0 radical (unpaired) electrons. The zero-order valence-corrected chi connectivity index (χ0v) is 8.79. The quantitative estimate of drug-likeness (QED) is 0.630. The van der Waals surface area contributed by atoms with Gasteiger partial charge in [-0.1, -0.05) is 20.3 Å². The number of carbonyl (C=O) groups excluding carboxylic acids is 2. The third-order valence-electron chi connectivity index (χ3n) is 2.49. The monoisotopic (exact) mass is 200 g/mol. The van der Waals surface area contributed by atoms with Gasteiger partial charge in [0, 0.05) is 11.9 Å². The lowest BCUT2D eigenvalue weighted by atomic mass is 9.95. The first kappa shape index (κ1) is 12.9. The number of carboxylic acid groups (broad SMARTS) is 1. The number of hydrogen-bond donors (Lipinski definition) is 1. The maximum Gasteiger partial charge on any atom is 0.220 e. The van der Waals surface area contributed by atoms with Gasteiger partial charge < -0.3 is 15.6 Å². The first-order chi connectivity index (χ1) is 6.49. The van der Waals surface area contributed by atoms with Crippen LogP contribution in [0.4, 0.5) is 0 Å².